The molecule has 1 N–H and O–H groups in total. The molecule has 1 saturated heterocycles. The zero-order valence-electron chi connectivity index (χ0n) is 18.7. The second kappa shape index (κ2) is 10.4. The Balaban J connectivity index is 1.39. The van der Waals surface area contributed by atoms with Crippen LogP contribution in [0.25, 0.3) is 6.08 Å². The third kappa shape index (κ3) is 5.48. The molecule has 0 spiro atoms. The van der Waals surface area contributed by atoms with Gasteiger partial charge in [-0.3, -0.25) is 4.79 Å². The van der Waals surface area contributed by atoms with Crippen molar-refractivity contribution in [2.45, 2.75) is 44.3 Å². The van der Waals surface area contributed by atoms with Gasteiger partial charge < -0.3 is 19.5 Å². The third-order valence-electron chi connectivity index (χ3n) is 6.78. The van der Waals surface area contributed by atoms with E-state index in [0.29, 0.717) is 46.6 Å². The highest BCUT2D eigenvalue weighted by atomic mass is 35.5. The summed E-state index contributed by atoms with van der Waals surface area (Å²) in [7, 11) is 1.57. The van der Waals surface area contributed by atoms with Crippen LogP contribution in [0.2, 0.25) is 10.0 Å². The Morgan fingerprint density at radius 2 is 1.97 bits per heavy atom. The van der Waals surface area contributed by atoms with E-state index in [9.17, 15) is 9.90 Å². The molecule has 7 heteroatoms. The fourth-order valence-electron chi connectivity index (χ4n) is 4.77. The maximum atomic E-state index is 12.8. The van der Waals surface area contributed by atoms with Gasteiger partial charge in [-0.2, -0.15) is 0 Å². The molecule has 0 aromatic heterocycles. The van der Waals surface area contributed by atoms with Crippen molar-refractivity contribution in [2.75, 3.05) is 20.2 Å². The van der Waals surface area contributed by atoms with Crippen molar-refractivity contribution in [3.63, 3.8) is 0 Å². The van der Waals surface area contributed by atoms with Gasteiger partial charge in [0.2, 0.25) is 5.91 Å². The minimum absolute atomic E-state index is 0.0321. The van der Waals surface area contributed by atoms with Gasteiger partial charge in [0, 0.05) is 40.7 Å². The average molecular weight is 490 g/mol. The molecule has 1 aliphatic heterocycles. The number of fused-ring (bicyclic) bond motifs is 1. The largest absolute Gasteiger partial charge is 0.493 e. The van der Waals surface area contributed by atoms with Crippen LogP contribution in [0.3, 0.4) is 0 Å². The van der Waals surface area contributed by atoms with Crippen LogP contribution in [0.15, 0.2) is 42.5 Å². The summed E-state index contributed by atoms with van der Waals surface area (Å²) in [5.41, 5.74) is 0.953. The topological polar surface area (TPSA) is 59.0 Å². The standard InChI is InChI=1S/C26H29Cl2NO4/c1-32-24-15-18(8-10-23(24)33-17-20-21(27)6-4-7-22(20)28)9-11-25(30)29-14-13-26(31)12-3-2-5-19(26)16-29/h4,6-11,15,19,31H,2-3,5,12-14,16-17H2,1H3/t19-,26+/m0/s1. The quantitative estimate of drug-likeness (QED) is 0.524. The SMILES string of the molecule is COc1cc(C=CC(=O)N2CC[C@]3(O)CCCC[C@H]3C2)ccc1OCc1c(Cl)cccc1Cl. The number of hydrogen-bond acceptors (Lipinski definition) is 4. The first kappa shape index (κ1) is 23.9. The second-order valence-corrected chi connectivity index (χ2v) is 9.63. The number of likely N-dealkylation sites (tertiary alicyclic amines) is 1. The van der Waals surface area contributed by atoms with Crippen LogP contribution >= 0.6 is 23.2 Å². The molecule has 0 unspecified atom stereocenters. The summed E-state index contributed by atoms with van der Waals surface area (Å²) < 4.78 is 11.4. The number of rotatable bonds is 6. The van der Waals surface area contributed by atoms with Crippen LogP contribution in [0, 0.1) is 5.92 Å². The Kier molecular flexibility index (Phi) is 7.52. The number of carbonyl (C=O) groups is 1. The molecular weight excluding hydrogens is 461 g/mol. The highest BCUT2D eigenvalue weighted by Gasteiger charge is 2.43. The van der Waals surface area contributed by atoms with Crippen LogP contribution in [-0.2, 0) is 11.4 Å². The Morgan fingerprint density at radius 1 is 1.18 bits per heavy atom. The Labute approximate surface area is 204 Å². The van der Waals surface area contributed by atoms with Crippen molar-refractivity contribution >= 4 is 35.2 Å². The van der Waals surface area contributed by atoms with E-state index in [2.05, 4.69) is 0 Å². The minimum Gasteiger partial charge on any atom is -0.493 e. The van der Waals surface area contributed by atoms with E-state index in [1.807, 2.05) is 17.0 Å². The van der Waals surface area contributed by atoms with E-state index in [1.54, 1.807) is 43.5 Å². The summed E-state index contributed by atoms with van der Waals surface area (Å²) in [6.45, 7) is 1.43. The van der Waals surface area contributed by atoms with Crippen molar-refractivity contribution in [3.8, 4) is 11.5 Å². The molecule has 0 radical (unpaired) electrons. The number of ether oxygens (including phenoxy) is 2. The molecule has 4 rings (SSSR count). The van der Waals surface area contributed by atoms with Crippen LogP contribution in [0.5, 0.6) is 11.5 Å². The maximum Gasteiger partial charge on any atom is 0.246 e. The van der Waals surface area contributed by atoms with Crippen LogP contribution < -0.4 is 9.47 Å². The van der Waals surface area contributed by atoms with Gasteiger partial charge in [-0.15, -0.1) is 0 Å². The van der Waals surface area contributed by atoms with Gasteiger partial charge in [0.05, 0.1) is 12.7 Å². The predicted molar refractivity (Wildman–Crippen MR) is 131 cm³/mol. The second-order valence-electron chi connectivity index (χ2n) is 8.81. The van der Waals surface area contributed by atoms with Crippen molar-refractivity contribution in [1.29, 1.82) is 0 Å². The number of piperidine rings is 1. The molecule has 176 valence electrons. The minimum atomic E-state index is -0.587. The van der Waals surface area contributed by atoms with Gasteiger partial charge in [-0.05, 0) is 55.2 Å². The monoisotopic (exact) mass is 489 g/mol. The van der Waals surface area contributed by atoms with Gasteiger partial charge in [0.25, 0.3) is 0 Å². The van der Waals surface area contributed by atoms with Crippen molar-refractivity contribution in [2.24, 2.45) is 5.92 Å². The van der Waals surface area contributed by atoms with E-state index < -0.39 is 5.60 Å². The molecule has 0 bridgehead atoms. The first-order valence-corrected chi connectivity index (χ1v) is 12.1. The maximum absolute atomic E-state index is 12.8. The molecule has 1 saturated carbocycles. The Morgan fingerprint density at radius 3 is 2.73 bits per heavy atom. The molecule has 1 heterocycles. The normalized spacial score (nSPS) is 22.8. The lowest BCUT2D eigenvalue weighted by molar-refractivity contribution is -0.138. The zero-order valence-corrected chi connectivity index (χ0v) is 20.2. The molecule has 2 aromatic carbocycles. The summed E-state index contributed by atoms with van der Waals surface area (Å²) >= 11 is 12.4. The first-order valence-electron chi connectivity index (χ1n) is 11.3. The molecule has 1 amide bonds. The van der Waals surface area contributed by atoms with Crippen LogP contribution in [0.4, 0.5) is 0 Å². The third-order valence-corrected chi connectivity index (χ3v) is 7.49. The van der Waals surface area contributed by atoms with E-state index in [1.165, 1.54) is 0 Å². The molecule has 2 aliphatic rings. The van der Waals surface area contributed by atoms with Gasteiger partial charge in [-0.25, -0.2) is 0 Å². The Hall–Kier alpha value is -2.21. The predicted octanol–water partition coefficient (Wildman–Crippen LogP) is 5.75. The van der Waals surface area contributed by atoms with Crippen molar-refractivity contribution < 1.29 is 19.4 Å². The van der Waals surface area contributed by atoms with Gasteiger partial charge >= 0.3 is 0 Å². The smallest absolute Gasteiger partial charge is 0.246 e. The summed E-state index contributed by atoms with van der Waals surface area (Å²) in [6, 6.07) is 10.8. The highest BCUT2D eigenvalue weighted by Crippen LogP contribution is 2.40. The number of nitrogens with zero attached hydrogens (tertiary/aromatic N) is 1. The van der Waals surface area contributed by atoms with Crippen molar-refractivity contribution in [1.82, 2.24) is 4.90 Å². The zero-order chi connectivity index (χ0) is 23.4. The number of aliphatic hydroxyl groups is 1. The summed E-state index contributed by atoms with van der Waals surface area (Å²) in [5, 5.41) is 11.9. The van der Waals surface area contributed by atoms with Gasteiger partial charge in [-0.1, -0.05) is 48.2 Å². The fraction of sp³-hybridized carbons (Fsp3) is 0.423. The molecule has 5 nitrogen and oxygen atoms in total. The number of halogens is 2. The molecule has 2 atom stereocenters. The first-order chi connectivity index (χ1) is 15.9. The van der Waals surface area contributed by atoms with Crippen molar-refractivity contribution in [3.05, 3.63) is 63.6 Å². The number of methoxy groups -OCH3 is 1. The highest BCUT2D eigenvalue weighted by molar-refractivity contribution is 6.35. The van der Waals surface area contributed by atoms with E-state index in [-0.39, 0.29) is 18.4 Å². The van der Waals surface area contributed by atoms with E-state index in [4.69, 9.17) is 32.7 Å². The number of carbonyl (C=O) groups excluding carboxylic acids is 1. The van der Waals surface area contributed by atoms with E-state index >= 15 is 0 Å². The molecule has 33 heavy (non-hydrogen) atoms. The fourth-order valence-corrected chi connectivity index (χ4v) is 5.28. The molecular formula is C26H29Cl2NO4. The van der Waals surface area contributed by atoms with Gasteiger partial charge in [0.15, 0.2) is 11.5 Å². The summed E-state index contributed by atoms with van der Waals surface area (Å²) in [6.07, 6.45) is 8.07. The number of benzene rings is 2. The lowest BCUT2D eigenvalue weighted by atomic mass is 9.71. The average Bonchev–Trinajstić information content (AvgIpc) is 2.82. The van der Waals surface area contributed by atoms with Gasteiger partial charge in [0.1, 0.15) is 6.61 Å². The summed E-state index contributed by atoms with van der Waals surface area (Å²) in [4.78, 5) is 14.6. The Bertz CT molecular complexity index is 1020. The molecule has 1 aliphatic carbocycles. The lowest BCUT2D eigenvalue weighted by Crippen LogP contribution is -2.54. The van der Waals surface area contributed by atoms with Crippen LogP contribution in [0.1, 0.15) is 43.2 Å². The van der Waals surface area contributed by atoms with Crippen LogP contribution in [-0.4, -0.2) is 41.7 Å². The molecule has 2 aromatic rings. The number of hydrogen-bond donors (Lipinski definition) is 1. The molecule has 2 fully saturated rings. The summed E-state index contributed by atoms with van der Waals surface area (Å²) in [5.74, 6) is 1.26. The number of amides is 1. The lowest BCUT2D eigenvalue weighted by Gasteiger charge is -2.47. The van der Waals surface area contributed by atoms with E-state index in [0.717, 1.165) is 31.2 Å².